The summed E-state index contributed by atoms with van der Waals surface area (Å²) < 4.78 is 38.8. The van der Waals surface area contributed by atoms with E-state index in [0.717, 1.165) is 45.0 Å². The molecule has 2 aliphatic heterocycles. The van der Waals surface area contributed by atoms with E-state index in [9.17, 15) is 22.8 Å². The van der Waals surface area contributed by atoms with Gasteiger partial charge in [0.15, 0.2) is 0 Å². The number of nitrogens with zero attached hydrogens (tertiary/aromatic N) is 3. The van der Waals surface area contributed by atoms with E-state index < -0.39 is 11.7 Å². The minimum atomic E-state index is -4.33. The van der Waals surface area contributed by atoms with E-state index in [-0.39, 0.29) is 17.7 Å². The summed E-state index contributed by atoms with van der Waals surface area (Å²) in [6.07, 6.45) is -1.09. The molecule has 170 valence electrons. The summed E-state index contributed by atoms with van der Waals surface area (Å²) in [5.74, 6) is -0.170. The fourth-order valence-electron chi connectivity index (χ4n) is 4.41. The predicted molar refractivity (Wildman–Crippen MR) is 111 cm³/mol. The Balaban J connectivity index is 1.14. The number of halogens is 3. The molecule has 2 heterocycles. The number of anilines is 1. The minimum absolute atomic E-state index is 0.0362. The summed E-state index contributed by atoms with van der Waals surface area (Å²) in [6, 6.07) is 5.84. The molecular weight excluding hydrogens is 409 g/mol. The van der Waals surface area contributed by atoms with Gasteiger partial charge in [-0.2, -0.15) is 13.2 Å². The molecule has 1 aliphatic carbocycles. The number of amides is 2. The molecule has 1 saturated carbocycles. The third-order valence-corrected chi connectivity index (χ3v) is 6.38. The lowest BCUT2D eigenvalue weighted by Gasteiger charge is -2.36. The Kier molecular flexibility index (Phi) is 6.41. The quantitative estimate of drug-likeness (QED) is 0.664. The van der Waals surface area contributed by atoms with Gasteiger partial charge >= 0.3 is 6.18 Å². The summed E-state index contributed by atoms with van der Waals surface area (Å²) in [7, 11) is 0. The van der Waals surface area contributed by atoms with Crippen LogP contribution in [0.15, 0.2) is 24.3 Å². The second kappa shape index (κ2) is 9.06. The number of hydrogen-bond acceptors (Lipinski definition) is 4. The molecule has 0 bridgehead atoms. The van der Waals surface area contributed by atoms with Gasteiger partial charge in [0.2, 0.25) is 11.8 Å². The van der Waals surface area contributed by atoms with Crippen molar-refractivity contribution in [1.82, 2.24) is 15.1 Å². The minimum Gasteiger partial charge on any atom is -0.369 e. The van der Waals surface area contributed by atoms with E-state index in [1.54, 1.807) is 6.07 Å². The second-order valence-electron chi connectivity index (χ2n) is 8.70. The first-order valence-electron chi connectivity index (χ1n) is 11.0. The summed E-state index contributed by atoms with van der Waals surface area (Å²) in [5, 5.41) is 2.96. The van der Waals surface area contributed by atoms with E-state index in [1.807, 2.05) is 9.80 Å². The Labute approximate surface area is 180 Å². The summed E-state index contributed by atoms with van der Waals surface area (Å²) in [6.45, 7) is 4.85. The van der Waals surface area contributed by atoms with Gasteiger partial charge in [-0.15, -0.1) is 0 Å². The van der Waals surface area contributed by atoms with Crippen molar-refractivity contribution in [3.8, 4) is 0 Å². The summed E-state index contributed by atoms with van der Waals surface area (Å²) >= 11 is 0. The van der Waals surface area contributed by atoms with Crippen molar-refractivity contribution in [3.05, 3.63) is 29.8 Å². The van der Waals surface area contributed by atoms with Crippen LogP contribution in [0, 0.1) is 5.92 Å². The number of carbonyl (C=O) groups is 2. The number of rotatable bonds is 7. The highest BCUT2D eigenvalue weighted by atomic mass is 19.4. The van der Waals surface area contributed by atoms with Crippen molar-refractivity contribution in [3.63, 3.8) is 0 Å². The molecule has 6 nitrogen and oxygen atoms in total. The van der Waals surface area contributed by atoms with E-state index in [1.165, 1.54) is 12.1 Å². The SMILES string of the molecule is O=C(NCCCN1CCN(c2cccc(C(F)(F)F)c2)CC1)[C@@H]1CC(=O)N(C2CC2)C1. The van der Waals surface area contributed by atoms with Crippen LogP contribution in [0.3, 0.4) is 0 Å². The molecule has 2 saturated heterocycles. The average Bonchev–Trinajstić information content (AvgIpc) is 3.52. The van der Waals surface area contributed by atoms with Crippen molar-refractivity contribution in [2.45, 2.75) is 37.9 Å². The first-order valence-corrected chi connectivity index (χ1v) is 11.0. The van der Waals surface area contributed by atoms with Gasteiger partial charge in [-0.1, -0.05) is 6.07 Å². The van der Waals surface area contributed by atoms with E-state index in [0.29, 0.717) is 44.3 Å². The molecule has 2 amide bonds. The summed E-state index contributed by atoms with van der Waals surface area (Å²) in [5.41, 5.74) is -0.0134. The van der Waals surface area contributed by atoms with E-state index >= 15 is 0 Å². The van der Waals surface area contributed by atoms with Gasteiger partial charge in [0.1, 0.15) is 0 Å². The van der Waals surface area contributed by atoms with Gasteiger partial charge in [-0.25, -0.2) is 0 Å². The van der Waals surface area contributed by atoms with Crippen LogP contribution < -0.4 is 10.2 Å². The maximum Gasteiger partial charge on any atom is 0.416 e. The molecule has 4 rings (SSSR count). The highest BCUT2D eigenvalue weighted by molar-refractivity contribution is 5.89. The van der Waals surface area contributed by atoms with Crippen LogP contribution in [0.2, 0.25) is 0 Å². The number of carbonyl (C=O) groups excluding carboxylic acids is 2. The number of piperazine rings is 1. The van der Waals surface area contributed by atoms with Crippen molar-refractivity contribution in [2.75, 3.05) is 50.7 Å². The summed E-state index contributed by atoms with van der Waals surface area (Å²) in [4.78, 5) is 30.4. The van der Waals surface area contributed by atoms with Gasteiger partial charge in [-0.05, 0) is 44.0 Å². The highest BCUT2D eigenvalue weighted by Crippen LogP contribution is 2.33. The van der Waals surface area contributed by atoms with Gasteiger partial charge in [0.05, 0.1) is 11.5 Å². The first kappa shape index (κ1) is 21.9. The van der Waals surface area contributed by atoms with Crippen molar-refractivity contribution in [2.24, 2.45) is 5.92 Å². The van der Waals surface area contributed by atoms with E-state index in [4.69, 9.17) is 0 Å². The maximum absolute atomic E-state index is 12.9. The standard InChI is InChI=1S/C22H29F3N4O2/c23-22(24,25)17-3-1-4-19(14-17)28-11-9-27(10-12-28)8-2-7-26-21(31)16-13-20(30)29(15-16)18-5-6-18/h1,3-4,14,16,18H,2,5-13,15H2,(H,26,31)/t16-/m1/s1. The Bertz CT molecular complexity index is 804. The second-order valence-corrected chi connectivity index (χ2v) is 8.70. The Morgan fingerprint density at radius 2 is 1.87 bits per heavy atom. The molecule has 1 atom stereocenters. The molecule has 0 aromatic heterocycles. The van der Waals surface area contributed by atoms with Gasteiger partial charge < -0.3 is 15.1 Å². The van der Waals surface area contributed by atoms with Crippen molar-refractivity contribution in [1.29, 1.82) is 0 Å². The third-order valence-electron chi connectivity index (χ3n) is 6.38. The van der Waals surface area contributed by atoms with Gasteiger partial charge in [0.25, 0.3) is 0 Å². The highest BCUT2D eigenvalue weighted by Gasteiger charge is 2.41. The topological polar surface area (TPSA) is 55.9 Å². The number of likely N-dealkylation sites (tertiary alicyclic amines) is 1. The van der Waals surface area contributed by atoms with Crippen LogP contribution in [0.5, 0.6) is 0 Å². The molecule has 3 aliphatic rings. The number of hydrogen-bond donors (Lipinski definition) is 1. The van der Waals surface area contributed by atoms with Crippen LogP contribution in [0.1, 0.15) is 31.2 Å². The lowest BCUT2D eigenvalue weighted by molar-refractivity contribution is -0.137. The molecule has 1 N–H and O–H groups in total. The van der Waals surface area contributed by atoms with Crippen LogP contribution >= 0.6 is 0 Å². The molecule has 31 heavy (non-hydrogen) atoms. The zero-order chi connectivity index (χ0) is 22.0. The predicted octanol–water partition coefficient (Wildman–Crippen LogP) is 2.34. The van der Waals surface area contributed by atoms with Crippen LogP contribution in [-0.2, 0) is 15.8 Å². The zero-order valence-corrected chi connectivity index (χ0v) is 17.5. The zero-order valence-electron chi connectivity index (χ0n) is 17.5. The maximum atomic E-state index is 12.9. The third kappa shape index (κ3) is 5.50. The van der Waals surface area contributed by atoms with E-state index in [2.05, 4.69) is 10.2 Å². The largest absolute Gasteiger partial charge is 0.416 e. The van der Waals surface area contributed by atoms with Crippen molar-refractivity contribution >= 4 is 17.5 Å². The fourth-order valence-corrected chi connectivity index (χ4v) is 4.41. The van der Waals surface area contributed by atoms with Crippen LogP contribution in [0.25, 0.3) is 0 Å². The number of alkyl halides is 3. The molecule has 1 aromatic rings. The average molecular weight is 438 g/mol. The Hall–Kier alpha value is -2.29. The molecule has 0 unspecified atom stereocenters. The van der Waals surface area contributed by atoms with Crippen LogP contribution in [0.4, 0.5) is 18.9 Å². The van der Waals surface area contributed by atoms with Crippen LogP contribution in [-0.4, -0.2) is 73.5 Å². The first-order chi connectivity index (χ1) is 14.8. The Morgan fingerprint density at radius 3 is 2.55 bits per heavy atom. The lowest BCUT2D eigenvalue weighted by Crippen LogP contribution is -2.47. The van der Waals surface area contributed by atoms with Crippen molar-refractivity contribution < 1.29 is 22.8 Å². The number of nitrogens with one attached hydrogen (secondary N) is 1. The molecule has 3 fully saturated rings. The molecule has 1 aromatic carbocycles. The fraction of sp³-hybridized carbons (Fsp3) is 0.636. The normalized spacial score (nSPS) is 22.8. The molecule has 9 heteroatoms. The molecule has 0 radical (unpaired) electrons. The monoisotopic (exact) mass is 438 g/mol. The number of benzene rings is 1. The van der Waals surface area contributed by atoms with Gasteiger partial charge in [-0.3, -0.25) is 14.5 Å². The smallest absolute Gasteiger partial charge is 0.369 e. The molecular formula is C22H29F3N4O2. The Morgan fingerprint density at radius 1 is 1.13 bits per heavy atom. The van der Waals surface area contributed by atoms with Gasteiger partial charge in [0, 0.05) is 57.4 Å². The lowest BCUT2D eigenvalue weighted by atomic mass is 10.1. The molecule has 0 spiro atoms.